The molecule has 3 aromatic rings. The third-order valence-electron chi connectivity index (χ3n) is 3.76. The van der Waals surface area contributed by atoms with E-state index in [0.717, 1.165) is 10.1 Å². The Kier molecular flexibility index (Phi) is 3.69. The summed E-state index contributed by atoms with van der Waals surface area (Å²) in [7, 11) is 1.72. The summed E-state index contributed by atoms with van der Waals surface area (Å²) in [5, 5.41) is 14.8. The van der Waals surface area contributed by atoms with Gasteiger partial charge in [0.15, 0.2) is 11.5 Å². The minimum absolute atomic E-state index is 0.0919. The molecule has 0 fully saturated rings. The Morgan fingerprint density at radius 2 is 1.88 bits per heavy atom. The average molecular weight is 340 g/mol. The molecule has 0 saturated heterocycles. The molecular formula is C14H15F3N6O. The first kappa shape index (κ1) is 16.2. The Bertz CT molecular complexity index is 898. The minimum Gasteiger partial charge on any atom is -0.361 e. The van der Waals surface area contributed by atoms with Gasteiger partial charge in [0, 0.05) is 24.2 Å². The lowest BCUT2D eigenvalue weighted by molar-refractivity contribution is -0.146. The molecule has 0 unspecified atom stereocenters. The molecule has 0 saturated carbocycles. The lowest BCUT2D eigenvalue weighted by atomic mass is 10.1. The van der Waals surface area contributed by atoms with Crippen molar-refractivity contribution < 1.29 is 17.7 Å². The van der Waals surface area contributed by atoms with Crippen molar-refractivity contribution in [2.75, 3.05) is 11.9 Å². The first-order valence-electron chi connectivity index (χ1n) is 7.11. The first-order valence-corrected chi connectivity index (χ1v) is 7.11. The molecule has 7 nitrogen and oxygen atoms in total. The number of anilines is 1. The van der Waals surface area contributed by atoms with Crippen molar-refractivity contribution in [3.8, 4) is 0 Å². The molecule has 0 aromatic carbocycles. The van der Waals surface area contributed by atoms with Crippen molar-refractivity contribution in [1.29, 1.82) is 0 Å². The zero-order valence-electron chi connectivity index (χ0n) is 13.5. The third kappa shape index (κ3) is 2.68. The molecule has 24 heavy (non-hydrogen) atoms. The maximum absolute atomic E-state index is 13.1. The van der Waals surface area contributed by atoms with E-state index in [1.54, 1.807) is 38.8 Å². The summed E-state index contributed by atoms with van der Waals surface area (Å²) >= 11 is 0. The highest BCUT2D eigenvalue weighted by Gasteiger charge is 2.38. The van der Waals surface area contributed by atoms with E-state index in [1.807, 2.05) is 0 Å². The van der Waals surface area contributed by atoms with Gasteiger partial charge < -0.3 is 9.42 Å². The second kappa shape index (κ2) is 5.46. The van der Waals surface area contributed by atoms with Crippen LogP contribution in [0.1, 0.15) is 28.4 Å². The van der Waals surface area contributed by atoms with Gasteiger partial charge in [0.1, 0.15) is 11.5 Å². The fraction of sp³-hybridized carbons (Fsp3) is 0.429. The number of rotatable bonds is 3. The molecule has 0 spiro atoms. The van der Waals surface area contributed by atoms with Gasteiger partial charge in [0.2, 0.25) is 0 Å². The number of fused-ring (bicyclic) bond motifs is 1. The van der Waals surface area contributed by atoms with Gasteiger partial charge in [0.05, 0.1) is 6.54 Å². The molecule has 0 N–H and O–H groups in total. The highest BCUT2D eigenvalue weighted by Crippen LogP contribution is 2.30. The molecule has 128 valence electrons. The van der Waals surface area contributed by atoms with Gasteiger partial charge in [-0.25, -0.2) is 0 Å². The van der Waals surface area contributed by atoms with Crippen LogP contribution in [0.4, 0.5) is 19.0 Å². The molecule has 3 rings (SSSR count). The highest BCUT2D eigenvalue weighted by atomic mass is 19.4. The Balaban J connectivity index is 2.08. The van der Waals surface area contributed by atoms with Crippen LogP contribution >= 0.6 is 0 Å². The number of hydrogen-bond donors (Lipinski definition) is 0. The maximum Gasteiger partial charge on any atom is 0.453 e. The molecule has 3 aromatic heterocycles. The summed E-state index contributed by atoms with van der Waals surface area (Å²) in [4.78, 5) is 1.71. The van der Waals surface area contributed by atoms with Crippen molar-refractivity contribution in [2.45, 2.75) is 33.5 Å². The standard InChI is InChI=1S/C14H15F3N6O/c1-7-5-10(21-24-7)6-22(4)12-9(3)8(2)11-18-19-13(14(15,16)17)23(11)20-12/h5H,6H2,1-4H3. The summed E-state index contributed by atoms with van der Waals surface area (Å²) in [5.41, 5.74) is 2.07. The predicted molar refractivity (Wildman–Crippen MR) is 78.6 cm³/mol. The van der Waals surface area contributed by atoms with E-state index in [9.17, 15) is 13.2 Å². The van der Waals surface area contributed by atoms with Crippen LogP contribution < -0.4 is 4.90 Å². The summed E-state index contributed by atoms with van der Waals surface area (Å²) < 4.78 is 44.9. The lowest BCUT2D eigenvalue weighted by Gasteiger charge is -2.20. The maximum atomic E-state index is 13.1. The van der Waals surface area contributed by atoms with E-state index in [4.69, 9.17) is 4.52 Å². The number of alkyl halides is 3. The van der Waals surface area contributed by atoms with Crippen molar-refractivity contribution in [2.24, 2.45) is 0 Å². The molecule has 0 aliphatic carbocycles. The third-order valence-corrected chi connectivity index (χ3v) is 3.76. The van der Waals surface area contributed by atoms with Crippen LogP contribution in [0, 0.1) is 20.8 Å². The normalized spacial score (nSPS) is 12.1. The second-order valence-electron chi connectivity index (χ2n) is 5.62. The quantitative estimate of drug-likeness (QED) is 0.730. The van der Waals surface area contributed by atoms with Crippen molar-refractivity contribution >= 4 is 11.5 Å². The van der Waals surface area contributed by atoms with Crippen LogP contribution in [0.5, 0.6) is 0 Å². The largest absolute Gasteiger partial charge is 0.453 e. The fourth-order valence-electron chi connectivity index (χ4n) is 2.46. The number of nitrogens with zero attached hydrogens (tertiary/aromatic N) is 6. The molecule has 0 aliphatic heterocycles. The Hall–Kier alpha value is -2.65. The predicted octanol–water partition coefficient (Wildman–Crippen LogP) is 2.69. The van der Waals surface area contributed by atoms with Crippen LogP contribution in [0.3, 0.4) is 0 Å². The van der Waals surface area contributed by atoms with E-state index in [1.165, 1.54) is 0 Å². The minimum atomic E-state index is -4.63. The van der Waals surface area contributed by atoms with Crippen LogP contribution in [-0.4, -0.2) is 32.0 Å². The van der Waals surface area contributed by atoms with Crippen LogP contribution in [0.2, 0.25) is 0 Å². The summed E-state index contributed by atoms with van der Waals surface area (Å²) in [6, 6.07) is 1.76. The van der Waals surface area contributed by atoms with Gasteiger partial charge in [-0.2, -0.15) is 17.7 Å². The highest BCUT2D eigenvalue weighted by molar-refractivity contribution is 5.59. The van der Waals surface area contributed by atoms with Gasteiger partial charge in [-0.3, -0.25) is 0 Å². The summed E-state index contributed by atoms with van der Waals surface area (Å²) in [6.07, 6.45) is -4.63. The topological polar surface area (TPSA) is 72.4 Å². The summed E-state index contributed by atoms with van der Waals surface area (Å²) in [5.74, 6) is -0.0913. The fourth-order valence-corrected chi connectivity index (χ4v) is 2.46. The average Bonchev–Trinajstić information content (AvgIpc) is 3.08. The van der Waals surface area contributed by atoms with Crippen molar-refractivity contribution in [3.05, 3.63) is 34.5 Å². The number of aryl methyl sites for hydroxylation is 2. The Morgan fingerprint density at radius 3 is 2.46 bits per heavy atom. The first-order chi connectivity index (χ1) is 11.2. The monoisotopic (exact) mass is 340 g/mol. The van der Waals surface area contributed by atoms with E-state index in [2.05, 4.69) is 20.5 Å². The smallest absolute Gasteiger partial charge is 0.361 e. The molecule has 0 atom stereocenters. The van der Waals surface area contributed by atoms with Crippen molar-refractivity contribution in [3.63, 3.8) is 0 Å². The molecule has 3 heterocycles. The van der Waals surface area contributed by atoms with E-state index in [-0.39, 0.29) is 5.65 Å². The van der Waals surface area contributed by atoms with Crippen LogP contribution in [-0.2, 0) is 12.7 Å². The van der Waals surface area contributed by atoms with E-state index < -0.39 is 12.0 Å². The Morgan fingerprint density at radius 1 is 1.17 bits per heavy atom. The number of hydrogen-bond acceptors (Lipinski definition) is 6. The SMILES string of the molecule is Cc1cc(CN(C)c2nn3c(C(F)(F)F)nnc3c(C)c2C)no1. The zero-order chi connectivity index (χ0) is 17.6. The zero-order valence-corrected chi connectivity index (χ0v) is 13.5. The second-order valence-corrected chi connectivity index (χ2v) is 5.62. The van der Waals surface area contributed by atoms with Gasteiger partial charge in [-0.05, 0) is 20.8 Å². The van der Waals surface area contributed by atoms with E-state index in [0.29, 0.717) is 29.4 Å². The molecule has 0 aliphatic rings. The number of halogens is 3. The van der Waals surface area contributed by atoms with E-state index >= 15 is 0 Å². The molecule has 0 radical (unpaired) electrons. The molecular weight excluding hydrogens is 325 g/mol. The van der Waals surface area contributed by atoms with Gasteiger partial charge in [0.25, 0.3) is 5.82 Å². The number of aromatic nitrogens is 5. The summed E-state index contributed by atoms with van der Waals surface area (Å²) in [6.45, 7) is 5.59. The van der Waals surface area contributed by atoms with Gasteiger partial charge in [-0.15, -0.1) is 15.3 Å². The molecule has 10 heteroatoms. The van der Waals surface area contributed by atoms with Crippen LogP contribution in [0.15, 0.2) is 10.6 Å². The lowest BCUT2D eigenvalue weighted by Crippen LogP contribution is -2.22. The van der Waals surface area contributed by atoms with Gasteiger partial charge in [-0.1, -0.05) is 5.16 Å². The van der Waals surface area contributed by atoms with Crippen molar-refractivity contribution in [1.82, 2.24) is 25.0 Å². The molecule has 0 amide bonds. The van der Waals surface area contributed by atoms with Gasteiger partial charge >= 0.3 is 6.18 Å². The van der Waals surface area contributed by atoms with Crippen LogP contribution in [0.25, 0.3) is 5.65 Å². The Labute approximate surface area is 135 Å². The molecule has 0 bridgehead atoms.